The fourth-order valence-electron chi connectivity index (χ4n) is 3.58. The number of thiophene rings is 1. The van der Waals surface area contributed by atoms with Crippen molar-refractivity contribution in [3.8, 4) is 22.3 Å². The highest BCUT2D eigenvalue weighted by Gasteiger charge is 2.25. The maximum absolute atomic E-state index is 12.5. The van der Waals surface area contributed by atoms with Crippen molar-refractivity contribution in [3.63, 3.8) is 0 Å². The van der Waals surface area contributed by atoms with Crippen LogP contribution in [0.3, 0.4) is 0 Å². The SMILES string of the molecule is COc1ccc(NC(=O)CSc2nc3c(c(-c4cccs4)c2C#N)CN(C)CC3)cc1. The summed E-state index contributed by atoms with van der Waals surface area (Å²) in [4.78, 5) is 20.6. The van der Waals surface area contributed by atoms with Crippen molar-refractivity contribution in [1.82, 2.24) is 9.88 Å². The fraction of sp³-hybridized carbons (Fsp3) is 0.261. The molecule has 158 valence electrons. The van der Waals surface area contributed by atoms with Gasteiger partial charge in [-0.05, 0) is 48.3 Å². The highest BCUT2D eigenvalue weighted by atomic mass is 32.2. The number of methoxy groups -OCH3 is 1. The lowest BCUT2D eigenvalue weighted by Gasteiger charge is -2.27. The van der Waals surface area contributed by atoms with Crippen LogP contribution in [0.4, 0.5) is 5.69 Å². The molecule has 1 amide bonds. The third kappa shape index (κ3) is 4.74. The minimum Gasteiger partial charge on any atom is -0.497 e. The molecule has 1 aromatic carbocycles. The number of rotatable bonds is 6. The number of aromatic nitrogens is 1. The van der Waals surface area contributed by atoms with Gasteiger partial charge in [-0.2, -0.15) is 5.26 Å². The quantitative estimate of drug-likeness (QED) is 0.561. The molecule has 3 heterocycles. The largest absolute Gasteiger partial charge is 0.497 e. The van der Waals surface area contributed by atoms with Gasteiger partial charge in [-0.25, -0.2) is 4.98 Å². The molecule has 0 saturated heterocycles. The first-order chi connectivity index (χ1) is 15.1. The van der Waals surface area contributed by atoms with Crippen molar-refractivity contribution in [2.75, 3.05) is 31.8 Å². The zero-order valence-electron chi connectivity index (χ0n) is 17.3. The summed E-state index contributed by atoms with van der Waals surface area (Å²) in [5.74, 6) is 0.767. The monoisotopic (exact) mass is 450 g/mol. The summed E-state index contributed by atoms with van der Waals surface area (Å²) in [6.45, 7) is 1.70. The Morgan fingerprint density at radius 1 is 1.35 bits per heavy atom. The molecular formula is C23H22N4O2S2. The number of fused-ring (bicyclic) bond motifs is 1. The molecule has 3 aromatic rings. The second-order valence-electron chi connectivity index (χ2n) is 7.23. The summed E-state index contributed by atoms with van der Waals surface area (Å²) in [5.41, 5.74) is 4.37. The molecule has 0 bridgehead atoms. The Hall–Kier alpha value is -2.86. The van der Waals surface area contributed by atoms with Crippen molar-refractivity contribution in [1.29, 1.82) is 5.26 Å². The van der Waals surface area contributed by atoms with Gasteiger partial charge in [-0.3, -0.25) is 4.79 Å². The highest BCUT2D eigenvalue weighted by molar-refractivity contribution is 8.00. The van der Waals surface area contributed by atoms with Crippen molar-refractivity contribution in [2.45, 2.75) is 18.0 Å². The van der Waals surface area contributed by atoms with Crippen LogP contribution in [0, 0.1) is 11.3 Å². The van der Waals surface area contributed by atoms with E-state index < -0.39 is 0 Å². The highest BCUT2D eigenvalue weighted by Crippen LogP contribution is 2.38. The second-order valence-corrected chi connectivity index (χ2v) is 9.15. The van der Waals surface area contributed by atoms with Gasteiger partial charge in [0.15, 0.2) is 0 Å². The first kappa shape index (κ1) is 21.4. The number of nitrogens with zero attached hydrogens (tertiary/aromatic N) is 3. The zero-order chi connectivity index (χ0) is 21.8. The number of hydrogen-bond acceptors (Lipinski definition) is 7. The Labute approximate surface area is 189 Å². The van der Waals surface area contributed by atoms with Gasteiger partial charge < -0.3 is 15.0 Å². The van der Waals surface area contributed by atoms with Crippen molar-refractivity contribution in [2.24, 2.45) is 0 Å². The third-order valence-corrected chi connectivity index (χ3v) is 6.96. The second kappa shape index (κ2) is 9.52. The van der Waals surface area contributed by atoms with Gasteiger partial charge in [-0.1, -0.05) is 17.8 Å². The molecule has 0 spiro atoms. The molecule has 6 nitrogen and oxygen atoms in total. The maximum Gasteiger partial charge on any atom is 0.234 e. The van der Waals surface area contributed by atoms with E-state index in [1.165, 1.54) is 11.8 Å². The summed E-state index contributed by atoms with van der Waals surface area (Å²) in [6, 6.07) is 13.6. The minimum absolute atomic E-state index is 0.143. The minimum atomic E-state index is -0.143. The number of ether oxygens (including phenoxy) is 1. The van der Waals surface area contributed by atoms with E-state index in [0.29, 0.717) is 16.3 Å². The summed E-state index contributed by atoms with van der Waals surface area (Å²) in [5, 5.41) is 15.5. The lowest BCUT2D eigenvalue weighted by atomic mass is 9.96. The number of likely N-dealkylation sites (N-methyl/N-ethyl adjacent to an activating group) is 1. The predicted molar refractivity (Wildman–Crippen MR) is 125 cm³/mol. The number of carbonyl (C=O) groups excluding carboxylic acids is 1. The predicted octanol–water partition coefficient (Wildman–Crippen LogP) is 4.41. The van der Waals surface area contributed by atoms with Crippen LogP contribution in [0.25, 0.3) is 10.4 Å². The van der Waals surface area contributed by atoms with E-state index in [-0.39, 0.29) is 11.7 Å². The molecule has 31 heavy (non-hydrogen) atoms. The van der Waals surface area contributed by atoms with E-state index in [1.54, 1.807) is 42.7 Å². The van der Waals surface area contributed by atoms with E-state index in [1.807, 2.05) is 17.5 Å². The van der Waals surface area contributed by atoms with E-state index in [4.69, 9.17) is 9.72 Å². The molecule has 0 radical (unpaired) electrons. The average Bonchev–Trinajstić information content (AvgIpc) is 3.31. The topological polar surface area (TPSA) is 78.2 Å². The van der Waals surface area contributed by atoms with Crippen molar-refractivity contribution >= 4 is 34.7 Å². The lowest BCUT2D eigenvalue weighted by Crippen LogP contribution is -2.28. The summed E-state index contributed by atoms with van der Waals surface area (Å²) in [7, 11) is 3.68. The number of hydrogen-bond donors (Lipinski definition) is 1. The van der Waals surface area contributed by atoms with Gasteiger partial charge in [0.25, 0.3) is 0 Å². The van der Waals surface area contributed by atoms with Crippen LogP contribution >= 0.6 is 23.1 Å². The van der Waals surface area contributed by atoms with Crippen molar-refractivity contribution in [3.05, 3.63) is 58.6 Å². The van der Waals surface area contributed by atoms with Gasteiger partial charge in [0.1, 0.15) is 16.8 Å². The van der Waals surface area contributed by atoms with Gasteiger partial charge in [0.2, 0.25) is 5.91 Å². The van der Waals surface area contributed by atoms with Crippen LogP contribution in [-0.2, 0) is 17.8 Å². The molecule has 0 atom stereocenters. The Morgan fingerprint density at radius 3 is 2.84 bits per heavy atom. The van der Waals surface area contributed by atoms with Crippen molar-refractivity contribution < 1.29 is 9.53 Å². The Bertz CT molecular complexity index is 1120. The molecule has 1 aliphatic rings. The number of nitrogens with one attached hydrogen (secondary N) is 1. The van der Waals surface area contributed by atoms with Gasteiger partial charge in [-0.15, -0.1) is 11.3 Å². The summed E-state index contributed by atoms with van der Waals surface area (Å²) < 4.78 is 5.14. The molecule has 8 heteroatoms. The van der Waals surface area contributed by atoms with Crippen LogP contribution in [0.5, 0.6) is 5.75 Å². The smallest absolute Gasteiger partial charge is 0.234 e. The molecule has 0 fully saturated rings. The number of anilines is 1. The van der Waals surface area contributed by atoms with Crippen LogP contribution in [-0.4, -0.2) is 42.2 Å². The average molecular weight is 451 g/mol. The standard InChI is InChI=1S/C23H22N4O2S2/c1-27-10-9-19-18(13-27)22(20-4-3-11-30-20)17(12-24)23(26-19)31-14-21(28)25-15-5-7-16(29-2)8-6-15/h3-8,11H,9-10,13-14H2,1-2H3,(H,25,28). The van der Waals surface area contributed by atoms with Gasteiger partial charge >= 0.3 is 0 Å². The van der Waals surface area contributed by atoms with E-state index >= 15 is 0 Å². The fourth-order valence-corrected chi connectivity index (χ4v) is 5.19. The zero-order valence-corrected chi connectivity index (χ0v) is 19.0. The number of amides is 1. The van der Waals surface area contributed by atoms with Crippen LogP contribution in [0.2, 0.25) is 0 Å². The normalized spacial score (nSPS) is 13.3. The Kier molecular flexibility index (Phi) is 6.56. The van der Waals surface area contributed by atoms with Crippen LogP contribution < -0.4 is 10.1 Å². The number of nitriles is 1. The first-order valence-electron chi connectivity index (χ1n) is 9.84. The number of pyridine rings is 1. The van der Waals surface area contributed by atoms with Gasteiger partial charge in [0.05, 0.1) is 18.4 Å². The van der Waals surface area contributed by atoms with E-state index in [0.717, 1.165) is 47.0 Å². The molecule has 1 N–H and O–H groups in total. The summed E-state index contributed by atoms with van der Waals surface area (Å²) in [6.07, 6.45) is 0.835. The van der Waals surface area contributed by atoms with E-state index in [9.17, 15) is 10.1 Å². The molecule has 4 rings (SSSR count). The third-order valence-electron chi connectivity index (χ3n) is 5.10. The number of thioether (sulfide) groups is 1. The molecule has 0 aliphatic carbocycles. The summed E-state index contributed by atoms with van der Waals surface area (Å²) >= 11 is 2.93. The Morgan fingerprint density at radius 2 is 2.16 bits per heavy atom. The lowest BCUT2D eigenvalue weighted by molar-refractivity contribution is -0.113. The van der Waals surface area contributed by atoms with Crippen LogP contribution in [0.1, 0.15) is 16.8 Å². The molecule has 0 unspecified atom stereocenters. The number of benzene rings is 1. The maximum atomic E-state index is 12.5. The van der Waals surface area contributed by atoms with Gasteiger partial charge in [0, 0.05) is 41.3 Å². The Balaban J connectivity index is 1.59. The molecular weight excluding hydrogens is 428 g/mol. The molecule has 2 aromatic heterocycles. The number of carbonyl (C=O) groups is 1. The first-order valence-corrected chi connectivity index (χ1v) is 11.7. The van der Waals surface area contributed by atoms with E-state index in [2.05, 4.69) is 23.3 Å². The molecule has 0 saturated carbocycles. The van der Waals surface area contributed by atoms with Crippen LogP contribution in [0.15, 0.2) is 46.8 Å². The molecule has 1 aliphatic heterocycles.